The maximum absolute atomic E-state index is 14.3. The van der Waals surface area contributed by atoms with E-state index in [0.29, 0.717) is 11.5 Å². The molecule has 1 aromatic rings. The Morgan fingerprint density at radius 1 is 1.10 bits per heavy atom. The molecule has 0 fully saturated rings. The maximum Gasteiger partial charge on any atom is 0.129 e. The summed E-state index contributed by atoms with van der Waals surface area (Å²) in [6.45, 7) is 10.2. The van der Waals surface area contributed by atoms with Crippen LogP contribution in [0.1, 0.15) is 58.9 Å². The van der Waals surface area contributed by atoms with E-state index in [1.54, 1.807) is 6.07 Å². The zero-order valence-electron chi connectivity index (χ0n) is 13.8. The lowest BCUT2D eigenvalue weighted by Crippen LogP contribution is -2.40. The van der Waals surface area contributed by atoms with Gasteiger partial charge in [0.05, 0.1) is 0 Å². The highest BCUT2D eigenvalue weighted by Crippen LogP contribution is 2.35. The fraction of sp³-hybridized carbons (Fsp3) is 0.667. The van der Waals surface area contributed by atoms with Crippen molar-refractivity contribution in [3.05, 3.63) is 35.4 Å². The van der Waals surface area contributed by atoms with Gasteiger partial charge in [-0.25, -0.2) is 8.78 Å². The zero-order valence-corrected chi connectivity index (χ0v) is 13.8. The third-order valence-electron chi connectivity index (χ3n) is 3.98. The second-order valence-electron chi connectivity index (χ2n) is 6.43. The van der Waals surface area contributed by atoms with Crippen molar-refractivity contribution in [2.75, 3.05) is 13.1 Å². The van der Waals surface area contributed by atoms with Crippen molar-refractivity contribution in [3.63, 3.8) is 0 Å². The molecule has 0 aliphatic carbocycles. The van der Waals surface area contributed by atoms with Crippen LogP contribution in [0.15, 0.2) is 18.2 Å². The summed E-state index contributed by atoms with van der Waals surface area (Å²) >= 11 is 0. The van der Waals surface area contributed by atoms with Crippen LogP contribution in [0.2, 0.25) is 0 Å². The third-order valence-corrected chi connectivity index (χ3v) is 3.98. The molecule has 0 spiro atoms. The van der Waals surface area contributed by atoms with Crippen LogP contribution in [0.3, 0.4) is 0 Å². The summed E-state index contributed by atoms with van der Waals surface area (Å²) in [7, 11) is 0. The normalized spacial score (nSPS) is 12.1. The summed E-state index contributed by atoms with van der Waals surface area (Å²) in [6.07, 6.45) is 3.79. The van der Waals surface area contributed by atoms with Crippen LogP contribution in [-0.2, 0) is 5.41 Å². The second kappa shape index (κ2) is 8.47. The molecule has 0 bridgehead atoms. The van der Waals surface area contributed by atoms with Crippen molar-refractivity contribution in [3.8, 4) is 0 Å². The Kier molecular flexibility index (Phi) is 7.30. The number of nitrogens with one attached hydrogen (secondary N) is 1. The van der Waals surface area contributed by atoms with Crippen molar-refractivity contribution in [1.29, 1.82) is 0 Å². The van der Waals surface area contributed by atoms with E-state index in [0.717, 1.165) is 44.8 Å². The van der Waals surface area contributed by atoms with Crippen LogP contribution in [0.25, 0.3) is 0 Å². The van der Waals surface area contributed by atoms with Gasteiger partial charge in [0, 0.05) is 18.0 Å². The first-order valence-corrected chi connectivity index (χ1v) is 8.11. The van der Waals surface area contributed by atoms with Crippen LogP contribution < -0.4 is 5.32 Å². The van der Waals surface area contributed by atoms with Gasteiger partial charge < -0.3 is 5.32 Å². The first kappa shape index (κ1) is 18.1. The predicted octanol–water partition coefficient (Wildman–Crippen LogP) is 5.05. The molecule has 21 heavy (non-hydrogen) atoms. The molecule has 120 valence electrons. The SMILES string of the molecule is CCCC(CCC)(CNCC(C)C)c1ccc(F)cc1F. The number of halogens is 2. The first-order chi connectivity index (χ1) is 9.95. The highest BCUT2D eigenvalue weighted by Gasteiger charge is 2.32. The Labute approximate surface area is 128 Å². The molecule has 0 aliphatic rings. The van der Waals surface area contributed by atoms with Gasteiger partial charge in [-0.1, -0.05) is 46.6 Å². The molecule has 0 heterocycles. The highest BCUT2D eigenvalue weighted by atomic mass is 19.1. The van der Waals surface area contributed by atoms with Gasteiger partial charge in [0.25, 0.3) is 0 Å². The van der Waals surface area contributed by atoms with Crippen molar-refractivity contribution < 1.29 is 8.78 Å². The largest absolute Gasteiger partial charge is 0.316 e. The summed E-state index contributed by atoms with van der Waals surface area (Å²) in [4.78, 5) is 0. The molecule has 0 amide bonds. The van der Waals surface area contributed by atoms with Gasteiger partial charge in [0.1, 0.15) is 11.6 Å². The van der Waals surface area contributed by atoms with Gasteiger partial charge in [-0.05, 0) is 36.9 Å². The lowest BCUT2D eigenvalue weighted by molar-refractivity contribution is 0.317. The molecule has 1 aromatic carbocycles. The van der Waals surface area contributed by atoms with Crippen LogP contribution in [-0.4, -0.2) is 13.1 Å². The van der Waals surface area contributed by atoms with E-state index in [2.05, 4.69) is 33.0 Å². The van der Waals surface area contributed by atoms with E-state index in [-0.39, 0.29) is 5.41 Å². The Balaban J connectivity index is 3.08. The number of hydrogen-bond acceptors (Lipinski definition) is 1. The molecule has 0 aromatic heterocycles. The standard InChI is InChI=1S/C18H29F2N/c1-5-9-18(10-6-2,13-21-12-14(3)4)16-8-7-15(19)11-17(16)20/h7-8,11,14,21H,5-6,9-10,12-13H2,1-4H3. The predicted molar refractivity (Wildman–Crippen MR) is 85.6 cm³/mol. The summed E-state index contributed by atoms with van der Waals surface area (Å²) < 4.78 is 27.5. The Bertz CT molecular complexity index is 423. The minimum Gasteiger partial charge on any atom is -0.316 e. The van der Waals surface area contributed by atoms with Crippen molar-refractivity contribution in [2.45, 2.75) is 58.8 Å². The number of rotatable bonds is 9. The average molecular weight is 297 g/mol. The second-order valence-corrected chi connectivity index (χ2v) is 6.43. The minimum absolute atomic E-state index is 0.240. The van der Waals surface area contributed by atoms with Crippen molar-refractivity contribution >= 4 is 0 Å². The lowest BCUT2D eigenvalue weighted by atomic mass is 9.73. The third kappa shape index (κ3) is 5.06. The van der Waals surface area contributed by atoms with Gasteiger partial charge in [0.2, 0.25) is 0 Å². The van der Waals surface area contributed by atoms with E-state index >= 15 is 0 Å². The first-order valence-electron chi connectivity index (χ1n) is 8.11. The quantitative estimate of drug-likeness (QED) is 0.672. The highest BCUT2D eigenvalue weighted by molar-refractivity contribution is 5.28. The number of hydrogen-bond donors (Lipinski definition) is 1. The minimum atomic E-state index is -0.506. The molecule has 1 nitrogen and oxygen atoms in total. The van der Waals surface area contributed by atoms with E-state index in [1.807, 2.05) is 0 Å². The van der Waals surface area contributed by atoms with Crippen molar-refractivity contribution in [2.24, 2.45) is 5.92 Å². The summed E-state index contributed by atoms with van der Waals surface area (Å²) in [5, 5.41) is 3.48. The fourth-order valence-corrected chi connectivity index (χ4v) is 3.14. The Morgan fingerprint density at radius 3 is 2.19 bits per heavy atom. The Hall–Kier alpha value is -0.960. The van der Waals surface area contributed by atoms with Gasteiger partial charge >= 0.3 is 0 Å². The van der Waals surface area contributed by atoms with E-state index in [9.17, 15) is 8.78 Å². The molecule has 0 radical (unpaired) electrons. The lowest BCUT2D eigenvalue weighted by Gasteiger charge is -2.35. The van der Waals surface area contributed by atoms with E-state index in [1.165, 1.54) is 6.07 Å². The van der Waals surface area contributed by atoms with Crippen LogP contribution in [0, 0.1) is 17.6 Å². The van der Waals surface area contributed by atoms with E-state index < -0.39 is 11.6 Å². The number of benzene rings is 1. The maximum atomic E-state index is 14.3. The van der Waals surface area contributed by atoms with Crippen LogP contribution in [0.5, 0.6) is 0 Å². The summed E-state index contributed by atoms with van der Waals surface area (Å²) in [5.41, 5.74) is 0.416. The zero-order chi connectivity index (χ0) is 15.9. The van der Waals surface area contributed by atoms with Crippen LogP contribution in [0.4, 0.5) is 8.78 Å². The van der Waals surface area contributed by atoms with Crippen LogP contribution >= 0.6 is 0 Å². The summed E-state index contributed by atoms with van der Waals surface area (Å²) in [5.74, 6) is -0.361. The molecule has 0 unspecified atom stereocenters. The molecule has 1 N–H and O–H groups in total. The van der Waals surface area contributed by atoms with Gasteiger partial charge in [-0.15, -0.1) is 0 Å². The molecular weight excluding hydrogens is 268 g/mol. The molecule has 0 saturated heterocycles. The monoisotopic (exact) mass is 297 g/mol. The fourth-order valence-electron chi connectivity index (χ4n) is 3.14. The van der Waals surface area contributed by atoms with Gasteiger partial charge in [-0.2, -0.15) is 0 Å². The molecule has 3 heteroatoms. The molecule has 0 aliphatic heterocycles. The Morgan fingerprint density at radius 2 is 1.71 bits per heavy atom. The molecular formula is C18H29F2N. The van der Waals surface area contributed by atoms with Crippen molar-refractivity contribution in [1.82, 2.24) is 5.32 Å². The topological polar surface area (TPSA) is 12.0 Å². The van der Waals surface area contributed by atoms with Gasteiger partial charge in [0.15, 0.2) is 0 Å². The van der Waals surface area contributed by atoms with Gasteiger partial charge in [-0.3, -0.25) is 0 Å². The molecule has 1 rings (SSSR count). The van der Waals surface area contributed by atoms with E-state index in [4.69, 9.17) is 0 Å². The summed E-state index contributed by atoms with van der Waals surface area (Å²) in [6, 6.07) is 4.02. The smallest absolute Gasteiger partial charge is 0.129 e. The molecule has 0 atom stereocenters. The average Bonchev–Trinajstić information content (AvgIpc) is 2.38. The molecule has 0 saturated carbocycles.